The molecule has 0 radical (unpaired) electrons. The molecule has 0 saturated carbocycles. The van der Waals surface area contributed by atoms with Crippen molar-refractivity contribution >= 4 is 11.3 Å². The summed E-state index contributed by atoms with van der Waals surface area (Å²) in [6, 6.07) is 20.7. The van der Waals surface area contributed by atoms with Gasteiger partial charge in [-0.15, -0.1) is 21.5 Å². The van der Waals surface area contributed by atoms with Gasteiger partial charge < -0.3 is 9.52 Å². The average molecular weight is 471 g/mol. The van der Waals surface area contributed by atoms with Crippen molar-refractivity contribution in [3.05, 3.63) is 94.2 Å². The Hall–Kier alpha value is -4.04. The second kappa shape index (κ2) is 9.07. The molecule has 2 aromatic carbocycles. The molecule has 0 aliphatic rings. The molecular weight excluding hydrogens is 448 g/mol. The van der Waals surface area contributed by atoms with Gasteiger partial charge in [0.25, 0.3) is 11.4 Å². The summed E-state index contributed by atoms with van der Waals surface area (Å²) in [5.74, 6) is 1.44. The molecule has 8 heteroatoms. The number of hydrogen-bond acceptors (Lipinski definition) is 7. The predicted molar refractivity (Wildman–Crippen MR) is 132 cm³/mol. The molecule has 34 heavy (non-hydrogen) atoms. The van der Waals surface area contributed by atoms with Crippen LogP contribution in [0.1, 0.15) is 17.1 Å². The molecule has 5 aromatic rings. The Morgan fingerprint density at radius 2 is 1.68 bits per heavy atom. The third kappa shape index (κ3) is 4.15. The van der Waals surface area contributed by atoms with E-state index in [1.54, 1.807) is 29.7 Å². The fourth-order valence-electron chi connectivity index (χ4n) is 3.89. The minimum absolute atomic E-state index is 0.0835. The van der Waals surface area contributed by atoms with Crippen molar-refractivity contribution in [3.63, 3.8) is 0 Å². The van der Waals surface area contributed by atoms with Gasteiger partial charge >= 0.3 is 0 Å². The Kier molecular flexibility index (Phi) is 5.81. The molecule has 0 unspecified atom stereocenters. The first-order valence-electron chi connectivity index (χ1n) is 10.9. The molecule has 0 spiro atoms. The quantitative estimate of drug-likeness (QED) is 0.364. The normalized spacial score (nSPS) is 11.1. The van der Waals surface area contributed by atoms with Gasteiger partial charge in [-0.05, 0) is 43.2 Å². The van der Waals surface area contributed by atoms with Crippen molar-refractivity contribution in [1.82, 2.24) is 19.7 Å². The van der Waals surface area contributed by atoms with Gasteiger partial charge in [0.2, 0.25) is 5.89 Å². The van der Waals surface area contributed by atoms with Crippen LogP contribution in [0, 0.1) is 13.8 Å². The van der Waals surface area contributed by atoms with Gasteiger partial charge in [0.15, 0.2) is 0 Å². The van der Waals surface area contributed by atoms with Crippen molar-refractivity contribution in [2.75, 3.05) is 0 Å². The highest BCUT2D eigenvalue weighted by Crippen LogP contribution is 2.35. The minimum Gasteiger partial charge on any atom is -0.507 e. The fraction of sp³-hybridized carbons (Fsp3) is 0.154. The summed E-state index contributed by atoms with van der Waals surface area (Å²) < 4.78 is 7.20. The Morgan fingerprint density at radius 1 is 0.941 bits per heavy atom. The molecule has 0 fully saturated rings. The predicted octanol–water partition coefficient (Wildman–Crippen LogP) is 5.25. The molecule has 0 atom stereocenters. The zero-order valence-corrected chi connectivity index (χ0v) is 19.5. The highest BCUT2D eigenvalue weighted by Gasteiger charge is 2.21. The summed E-state index contributed by atoms with van der Waals surface area (Å²) in [5, 5.41) is 18.5. The largest absolute Gasteiger partial charge is 0.507 e. The molecule has 0 aliphatic heterocycles. The van der Waals surface area contributed by atoms with Gasteiger partial charge in [-0.3, -0.25) is 9.36 Å². The van der Waals surface area contributed by atoms with Crippen LogP contribution in [0.4, 0.5) is 0 Å². The van der Waals surface area contributed by atoms with E-state index in [1.807, 2.05) is 55.5 Å². The lowest BCUT2D eigenvalue weighted by Gasteiger charge is -2.16. The topological polar surface area (TPSA) is 94.0 Å². The van der Waals surface area contributed by atoms with Crippen LogP contribution in [0.25, 0.3) is 32.6 Å². The van der Waals surface area contributed by atoms with E-state index >= 15 is 0 Å². The lowest BCUT2D eigenvalue weighted by atomic mass is 10.1. The number of thiophene rings is 1. The Balaban J connectivity index is 1.63. The number of aromatic nitrogens is 4. The number of phenolic OH excluding ortho intramolecular Hbond substituents is 1. The second-order valence-corrected chi connectivity index (χ2v) is 8.98. The van der Waals surface area contributed by atoms with Crippen LogP contribution in [0.5, 0.6) is 5.75 Å². The van der Waals surface area contributed by atoms with Crippen LogP contribution >= 0.6 is 11.3 Å². The number of aromatic hydroxyl groups is 1. The minimum atomic E-state index is -0.156. The molecule has 5 rings (SSSR count). The van der Waals surface area contributed by atoms with Crippen molar-refractivity contribution in [1.29, 1.82) is 0 Å². The number of para-hydroxylation sites is 1. The van der Waals surface area contributed by atoms with Crippen LogP contribution in [-0.2, 0) is 13.0 Å². The summed E-state index contributed by atoms with van der Waals surface area (Å²) in [5.41, 5.74) is 2.60. The molecule has 170 valence electrons. The van der Waals surface area contributed by atoms with E-state index in [9.17, 15) is 9.90 Å². The molecule has 0 amide bonds. The number of aryl methyl sites for hydroxylation is 3. The maximum absolute atomic E-state index is 13.9. The molecule has 0 aliphatic carbocycles. The molecule has 3 aromatic heterocycles. The first-order valence-corrected chi connectivity index (χ1v) is 11.7. The molecular formula is C26H22N4O3S. The lowest BCUT2D eigenvalue weighted by molar-refractivity contribution is 0.476. The Morgan fingerprint density at radius 3 is 2.41 bits per heavy atom. The SMILES string of the molecule is Cc1nnc(-c2ccc(-c3c(C)nc(-c4ccccc4O)n(CCc4ccccc4)c3=O)s2)o1. The molecule has 0 bridgehead atoms. The van der Waals surface area contributed by atoms with E-state index in [-0.39, 0.29) is 11.3 Å². The summed E-state index contributed by atoms with van der Waals surface area (Å²) in [6.45, 7) is 3.98. The smallest absolute Gasteiger partial charge is 0.262 e. The van der Waals surface area contributed by atoms with Crippen molar-refractivity contribution in [3.8, 4) is 38.3 Å². The van der Waals surface area contributed by atoms with Gasteiger partial charge in [-0.1, -0.05) is 42.5 Å². The van der Waals surface area contributed by atoms with Gasteiger partial charge in [0.1, 0.15) is 11.6 Å². The number of rotatable bonds is 6. The molecule has 0 saturated heterocycles. The van der Waals surface area contributed by atoms with E-state index < -0.39 is 0 Å². The number of phenols is 1. The Bertz CT molecular complexity index is 1520. The number of benzene rings is 2. The van der Waals surface area contributed by atoms with Crippen LogP contribution < -0.4 is 5.56 Å². The van der Waals surface area contributed by atoms with Crippen molar-refractivity contribution in [2.45, 2.75) is 26.8 Å². The standard InChI is InChI=1S/C26H22N4O3S/c1-16-23(21-12-13-22(34-21)25-29-28-17(2)33-25)26(32)30(15-14-18-8-4-3-5-9-18)24(27-16)19-10-6-7-11-20(19)31/h3-13,31H,14-15H2,1-2H3. The zero-order chi connectivity index (χ0) is 23.7. The summed E-state index contributed by atoms with van der Waals surface area (Å²) in [7, 11) is 0. The second-order valence-electron chi connectivity index (χ2n) is 7.90. The van der Waals surface area contributed by atoms with E-state index in [2.05, 4.69) is 10.2 Å². The van der Waals surface area contributed by atoms with Crippen LogP contribution in [-0.4, -0.2) is 24.9 Å². The monoisotopic (exact) mass is 470 g/mol. The van der Waals surface area contributed by atoms with Crippen LogP contribution in [0.3, 0.4) is 0 Å². The molecule has 1 N–H and O–H groups in total. The Labute approximate surface area is 200 Å². The summed E-state index contributed by atoms with van der Waals surface area (Å²) in [4.78, 5) is 20.2. The summed E-state index contributed by atoms with van der Waals surface area (Å²) >= 11 is 1.41. The van der Waals surface area contributed by atoms with E-state index in [4.69, 9.17) is 9.40 Å². The van der Waals surface area contributed by atoms with Gasteiger partial charge in [-0.2, -0.15) is 0 Å². The lowest BCUT2D eigenvalue weighted by Crippen LogP contribution is -2.26. The molecule has 3 heterocycles. The highest BCUT2D eigenvalue weighted by molar-refractivity contribution is 7.18. The first kappa shape index (κ1) is 21.8. The maximum atomic E-state index is 13.9. The summed E-state index contributed by atoms with van der Waals surface area (Å²) in [6.07, 6.45) is 0.655. The number of nitrogens with zero attached hydrogens (tertiary/aromatic N) is 4. The number of hydrogen-bond donors (Lipinski definition) is 1. The molecule has 7 nitrogen and oxygen atoms in total. The first-order chi connectivity index (χ1) is 16.5. The van der Waals surface area contributed by atoms with Gasteiger partial charge in [-0.25, -0.2) is 4.98 Å². The van der Waals surface area contributed by atoms with E-state index in [0.717, 1.165) is 15.3 Å². The van der Waals surface area contributed by atoms with Crippen molar-refractivity contribution < 1.29 is 9.52 Å². The highest BCUT2D eigenvalue weighted by atomic mass is 32.1. The zero-order valence-electron chi connectivity index (χ0n) is 18.7. The van der Waals surface area contributed by atoms with Crippen molar-refractivity contribution in [2.24, 2.45) is 0 Å². The van der Waals surface area contributed by atoms with Crippen LogP contribution in [0.15, 0.2) is 75.9 Å². The third-order valence-corrected chi connectivity index (χ3v) is 6.64. The van der Waals surface area contributed by atoms with Crippen LogP contribution in [0.2, 0.25) is 0 Å². The fourth-order valence-corrected chi connectivity index (χ4v) is 4.91. The third-order valence-electron chi connectivity index (χ3n) is 5.55. The van der Waals surface area contributed by atoms with Gasteiger partial charge in [0, 0.05) is 18.3 Å². The maximum Gasteiger partial charge on any atom is 0.262 e. The van der Waals surface area contributed by atoms with E-state index in [0.29, 0.717) is 47.4 Å². The average Bonchev–Trinajstić information content (AvgIpc) is 3.48. The van der Waals surface area contributed by atoms with Gasteiger partial charge in [0.05, 0.1) is 21.7 Å². The van der Waals surface area contributed by atoms with E-state index in [1.165, 1.54) is 11.3 Å².